The minimum absolute atomic E-state index is 0.143. The predicted octanol–water partition coefficient (Wildman–Crippen LogP) is 2.18. The molecule has 5 rings (SSSR count). The zero-order chi connectivity index (χ0) is 12.3. The molecule has 0 aromatic rings. The van der Waals surface area contributed by atoms with Gasteiger partial charge in [-0.3, -0.25) is 14.9 Å². The normalized spacial score (nSPS) is 45.3. The van der Waals surface area contributed by atoms with E-state index >= 15 is 0 Å². The van der Waals surface area contributed by atoms with Gasteiger partial charge in [-0.25, -0.2) is 0 Å². The van der Waals surface area contributed by atoms with E-state index in [1.165, 1.54) is 44.6 Å². The molecule has 2 amide bonds. The van der Waals surface area contributed by atoms with Crippen LogP contribution in [0.4, 0.5) is 0 Å². The van der Waals surface area contributed by atoms with Gasteiger partial charge in [0.1, 0.15) is 0 Å². The van der Waals surface area contributed by atoms with Gasteiger partial charge < -0.3 is 0 Å². The summed E-state index contributed by atoms with van der Waals surface area (Å²) in [6.45, 7) is 0. The maximum absolute atomic E-state index is 11.7. The van der Waals surface area contributed by atoms with Crippen molar-refractivity contribution in [1.82, 2.24) is 5.32 Å². The van der Waals surface area contributed by atoms with E-state index in [1.807, 2.05) is 0 Å². The second-order valence-corrected chi connectivity index (χ2v) is 7.08. The van der Waals surface area contributed by atoms with E-state index in [4.69, 9.17) is 0 Å². The quantitative estimate of drug-likeness (QED) is 0.758. The fourth-order valence-corrected chi connectivity index (χ4v) is 5.49. The molecule has 18 heavy (non-hydrogen) atoms. The van der Waals surface area contributed by atoms with Crippen LogP contribution in [-0.4, -0.2) is 11.8 Å². The van der Waals surface area contributed by atoms with E-state index in [0.29, 0.717) is 5.41 Å². The van der Waals surface area contributed by atoms with Crippen molar-refractivity contribution < 1.29 is 9.59 Å². The third kappa shape index (κ3) is 1.56. The summed E-state index contributed by atoms with van der Waals surface area (Å²) in [5.41, 5.74) is 1.09. The first-order chi connectivity index (χ1) is 8.62. The maximum Gasteiger partial charge on any atom is 0.254 e. The first-order valence-electron chi connectivity index (χ1n) is 7.18. The third-order valence-corrected chi connectivity index (χ3v) is 5.56. The van der Waals surface area contributed by atoms with Crippen molar-refractivity contribution in [1.29, 1.82) is 0 Å². The summed E-state index contributed by atoms with van der Waals surface area (Å²) in [4.78, 5) is 22.9. The highest BCUT2D eigenvalue weighted by Gasteiger charge is 2.51. The van der Waals surface area contributed by atoms with Crippen LogP contribution in [0.2, 0.25) is 0 Å². The Kier molecular flexibility index (Phi) is 2.07. The molecule has 96 valence electrons. The fourth-order valence-electron chi connectivity index (χ4n) is 5.49. The van der Waals surface area contributed by atoms with Crippen LogP contribution in [0, 0.1) is 23.2 Å². The fraction of sp³-hybridized carbons (Fsp3) is 0.733. The van der Waals surface area contributed by atoms with Crippen molar-refractivity contribution in [2.24, 2.45) is 23.2 Å². The van der Waals surface area contributed by atoms with E-state index < -0.39 is 0 Å². The summed E-state index contributed by atoms with van der Waals surface area (Å²) in [6.07, 6.45) is 10.5. The molecule has 0 saturated heterocycles. The van der Waals surface area contributed by atoms with Crippen LogP contribution in [0.3, 0.4) is 0 Å². The molecule has 0 unspecified atom stereocenters. The number of carbonyl (C=O) groups is 2. The molecular weight excluding hydrogens is 226 g/mol. The number of hydrogen-bond acceptors (Lipinski definition) is 2. The average molecular weight is 245 g/mol. The van der Waals surface area contributed by atoms with Gasteiger partial charge in [0.25, 0.3) is 11.8 Å². The molecule has 1 heterocycles. The van der Waals surface area contributed by atoms with Crippen LogP contribution in [0.5, 0.6) is 0 Å². The Hall–Kier alpha value is -1.12. The van der Waals surface area contributed by atoms with Crippen molar-refractivity contribution in [3.63, 3.8) is 0 Å². The number of carbonyl (C=O) groups excluding carboxylic acids is 2. The van der Waals surface area contributed by atoms with E-state index in [2.05, 4.69) is 5.32 Å². The summed E-state index contributed by atoms with van der Waals surface area (Å²) in [6, 6.07) is 0. The predicted molar refractivity (Wildman–Crippen MR) is 66.5 cm³/mol. The Morgan fingerprint density at radius 1 is 1.06 bits per heavy atom. The van der Waals surface area contributed by atoms with Crippen LogP contribution >= 0.6 is 0 Å². The lowest BCUT2D eigenvalue weighted by molar-refractivity contribution is -0.124. The Morgan fingerprint density at radius 2 is 1.61 bits per heavy atom. The van der Waals surface area contributed by atoms with Gasteiger partial charge in [0.15, 0.2) is 0 Å². The molecule has 4 bridgehead atoms. The maximum atomic E-state index is 11.7. The van der Waals surface area contributed by atoms with E-state index in [1.54, 1.807) is 0 Å². The third-order valence-electron chi connectivity index (χ3n) is 5.56. The van der Waals surface area contributed by atoms with Gasteiger partial charge in [-0.05, 0) is 68.1 Å². The smallest absolute Gasteiger partial charge is 0.254 e. The van der Waals surface area contributed by atoms with Crippen molar-refractivity contribution in [2.75, 3.05) is 0 Å². The number of nitrogens with one attached hydrogen (secondary N) is 1. The lowest BCUT2D eigenvalue weighted by atomic mass is 9.48. The summed E-state index contributed by atoms with van der Waals surface area (Å²) in [7, 11) is 0. The number of hydrogen-bond donors (Lipinski definition) is 1. The Labute approximate surface area is 107 Å². The molecule has 0 aromatic carbocycles. The molecule has 4 fully saturated rings. The molecule has 5 aliphatic rings. The van der Waals surface area contributed by atoms with Gasteiger partial charge in [-0.15, -0.1) is 0 Å². The SMILES string of the molecule is O=C1C=C(CC23CC4CC(CC(C4)C2)C3)C(=O)N1. The molecule has 0 aromatic heterocycles. The Balaban J connectivity index is 1.59. The topological polar surface area (TPSA) is 46.2 Å². The summed E-state index contributed by atoms with van der Waals surface area (Å²) in [5, 5.41) is 2.38. The highest BCUT2D eigenvalue weighted by Crippen LogP contribution is 2.62. The van der Waals surface area contributed by atoms with Gasteiger partial charge in [0, 0.05) is 11.6 Å². The average Bonchev–Trinajstić information content (AvgIpc) is 2.54. The molecule has 3 heteroatoms. The van der Waals surface area contributed by atoms with Crippen LogP contribution < -0.4 is 5.32 Å². The molecule has 0 radical (unpaired) electrons. The highest BCUT2D eigenvalue weighted by atomic mass is 16.2. The van der Waals surface area contributed by atoms with Gasteiger partial charge in [0.05, 0.1) is 0 Å². The second kappa shape index (κ2) is 3.46. The lowest BCUT2D eigenvalue weighted by Crippen LogP contribution is -2.46. The molecular formula is C15H19NO2. The van der Waals surface area contributed by atoms with Crippen molar-refractivity contribution in [2.45, 2.75) is 44.9 Å². The first-order valence-corrected chi connectivity index (χ1v) is 7.18. The number of rotatable bonds is 2. The van der Waals surface area contributed by atoms with E-state index in [9.17, 15) is 9.59 Å². The van der Waals surface area contributed by atoms with Gasteiger partial charge in [0.2, 0.25) is 0 Å². The van der Waals surface area contributed by atoms with Crippen LogP contribution in [-0.2, 0) is 9.59 Å². The van der Waals surface area contributed by atoms with Gasteiger partial charge >= 0.3 is 0 Å². The van der Waals surface area contributed by atoms with Crippen molar-refractivity contribution in [3.05, 3.63) is 11.6 Å². The molecule has 0 atom stereocenters. The molecule has 4 saturated carbocycles. The first kappa shape index (κ1) is 10.8. The van der Waals surface area contributed by atoms with Crippen LogP contribution in [0.15, 0.2) is 11.6 Å². The van der Waals surface area contributed by atoms with E-state index in [0.717, 1.165) is 29.7 Å². The molecule has 1 aliphatic heterocycles. The second-order valence-electron chi connectivity index (χ2n) is 7.08. The van der Waals surface area contributed by atoms with Crippen molar-refractivity contribution >= 4 is 11.8 Å². The monoisotopic (exact) mass is 245 g/mol. The molecule has 0 spiro atoms. The zero-order valence-corrected chi connectivity index (χ0v) is 10.6. The largest absolute Gasteiger partial charge is 0.289 e. The minimum Gasteiger partial charge on any atom is -0.289 e. The highest BCUT2D eigenvalue weighted by molar-refractivity contribution is 6.16. The van der Waals surface area contributed by atoms with Crippen LogP contribution in [0.25, 0.3) is 0 Å². The van der Waals surface area contributed by atoms with Gasteiger partial charge in [-0.2, -0.15) is 0 Å². The summed E-state index contributed by atoms with van der Waals surface area (Å²) < 4.78 is 0. The summed E-state index contributed by atoms with van der Waals surface area (Å²) >= 11 is 0. The molecule has 4 aliphatic carbocycles. The zero-order valence-electron chi connectivity index (χ0n) is 10.6. The standard InChI is InChI=1S/C15H19NO2/c17-13-4-12(14(18)16-13)8-15-5-9-1-10(6-15)3-11(2-9)7-15/h4,9-11H,1-3,5-8H2,(H,16,17,18). The molecule has 1 N–H and O–H groups in total. The molecule has 3 nitrogen and oxygen atoms in total. The number of imide groups is 1. The summed E-state index contributed by atoms with van der Waals surface area (Å²) in [5.74, 6) is 2.33. The lowest BCUT2D eigenvalue weighted by Gasteiger charge is -2.57. The van der Waals surface area contributed by atoms with E-state index in [-0.39, 0.29) is 11.8 Å². The van der Waals surface area contributed by atoms with Crippen LogP contribution in [0.1, 0.15) is 44.9 Å². The Bertz CT molecular complexity index is 428. The van der Waals surface area contributed by atoms with Gasteiger partial charge in [-0.1, -0.05) is 0 Å². The van der Waals surface area contributed by atoms with Crippen molar-refractivity contribution in [3.8, 4) is 0 Å². The number of amides is 2. The minimum atomic E-state index is -0.222. The Morgan fingerprint density at radius 3 is 2.06 bits per heavy atom.